The van der Waals surface area contributed by atoms with Crippen molar-refractivity contribution in [3.05, 3.63) is 83.2 Å². The SMILES string of the molecule is Cc1cc2nc(N(Cc3ccccn3)C(=O)C3CCN(S(=O)(=O)c4ccc(F)c(F)c4)CC3)sc2cc1C. The van der Waals surface area contributed by atoms with Gasteiger partial charge in [-0.15, -0.1) is 0 Å². The number of aromatic nitrogens is 2. The number of benzene rings is 2. The molecule has 0 radical (unpaired) electrons. The van der Waals surface area contributed by atoms with Crippen molar-refractivity contribution in [1.82, 2.24) is 14.3 Å². The molecule has 3 heterocycles. The summed E-state index contributed by atoms with van der Waals surface area (Å²) in [5.74, 6) is -2.90. The van der Waals surface area contributed by atoms with Crippen molar-refractivity contribution in [2.24, 2.45) is 5.92 Å². The lowest BCUT2D eigenvalue weighted by Crippen LogP contribution is -2.44. The maximum absolute atomic E-state index is 13.8. The standard InChI is InChI=1S/C27H26F2N4O3S2/c1-17-13-24-25(14-18(17)2)37-27(31-24)33(16-20-5-3-4-10-30-20)26(34)19-8-11-32(12-9-19)38(35,36)21-6-7-22(28)23(29)15-21/h3-7,10,13-15,19H,8-9,11-12,16H2,1-2H3. The number of carbonyl (C=O) groups is 1. The maximum atomic E-state index is 13.8. The number of anilines is 1. The molecule has 198 valence electrons. The van der Waals surface area contributed by atoms with Crippen LogP contribution in [0.3, 0.4) is 0 Å². The predicted molar refractivity (Wildman–Crippen MR) is 142 cm³/mol. The first-order chi connectivity index (χ1) is 18.1. The Morgan fingerprint density at radius 3 is 2.47 bits per heavy atom. The van der Waals surface area contributed by atoms with Crippen LogP contribution in [0.5, 0.6) is 0 Å². The van der Waals surface area contributed by atoms with E-state index < -0.39 is 27.6 Å². The fraction of sp³-hybridized carbons (Fsp3) is 0.296. The molecular formula is C27H26F2N4O3S2. The average Bonchev–Trinajstić information content (AvgIpc) is 3.31. The zero-order chi connectivity index (χ0) is 27.0. The van der Waals surface area contributed by atoms with Crippen molar-refractivity contribution in [2.45, 2.75) is 38.1 Å². The first-order valence-corrected chi connectivity index (χ1v) is 14.4. The quantitative estimate of drug-likeness (QED) is 0.325. The fourth-order valence-electron chi connectivity index (χ4n) is 4.53. The number of aryl methyl sites for hydroxylation is 2. The summed E-state index contributed by atoms with van der Waals surface area (Å²) in [6.45, 7) is 4.48. The van der Waals surface area contributed by atoms with Gasteiger partial charge >= 0.3 is 0 Å². The van der Waals surface area contributed by atoms with Crippen molar-refractivity contribution in [3.8, 4) is 0 Å². The summed E-state index contributed by atoms with van der Waals surface area (Å²) >= 11 is 1.44. The molecule has 5 rings (SSSR count). The minimum Gasteiger partial charge on any atom is -0.282 e. The Balaban J connectivity index is 1.38. The fourth-order valence-corrected chi connectivity index (χ4v) is 7.06. The first-order valence-electron chi connectivity index (χ1n) is 12.2. The molecule has 4 aromatic rings. The summed E-state index contributed by atoms with van der Waals surface area (Å²) in [5, 5.41) is 0.567. The van der Waals surface area contributed by atoms with Crippen LogP contribution in [0.4, 0.5) is 13.9 Å². The second kappa shape index (κ2) is 10.5. The second-order valence-corrected chi connectivity index (χ2v) is 12.3. The van der Waals surface area contributed by atoms with Gasteiger partial charge in [-0.3, -0.25) is 14.7 Å². The number of nitrogens with zero attached hydrogens (tertiary/aromatic N) is 4. The number of thiazole rings is 1. The summed E-state index contributed by atoms with van der Waals surface area (Å²) in [7, 11) is -4.02. The highest BCUT2D eigenvalue weighted by Gasteiger charge is 2.35. The zero-order valence-electron chi connectivity index (χ0n) is 20.9. The number of fused-ring (bicyclic) bond motifs is 1. The number of rotatable bonds is 6. The molecule has 0 bridgehead atoms. The van der Waals surface area contributed by atoms with Gasteiger partial charge in [-0.25, -0.2) is 22.2 Å². The summed E-state index contributed by atoms with van der Waals surface area (Å²) in [6, 6.07) is 12.1. The Kier molecular flexibility index (Phi) is 7.26. The Labute approximate surface area is 223 Å². The van der Waals surface area contributed by atoms with Gasteiger partial charge in [-0.05, 0) is 80.3 Å². The number of hydrogen-bond donors (Lipinski definition) is 0. The predicted octanol–water partition coefficient (Wildman–Crippen LogP) is 5.22. The topological polar surface area (TPSA) is 83.5 Å². The Bertz CT molecular complexity index is 1560. The number of pyridine rings is 1. The smallest absolute Gasteiger partial charge is 0.243 e. The van der Waals surface area contributed by atoms with Crippen molar-refractivity contribution in [1.29, 1.82) is 0 Å². The largest absolute Gasteiger partial charge is 0.282 e. The van der Waals surface area contributed by atoms with Gasteiger partial charge in [0.25, 0.3) is 0 Å². The summed E-state index contributed by atoms with van der Waals surface area (Å²) in [6.07, 6.45) is 2.26. The van der Waals surface area contributed by atoms with Crippen LogP contribution in [-0.2, 0) is 21.4 Å². The maximum Gasteiger partial charge on any atom is 0.243 e. The van der Waals surface area contributed by atoms with Crippen molar-refractivity contribution >= 4 is 42.6 Å². The molecule has 1 saturated heterocycles. The van der Waals surface area contributed by atoms with E-state index in [2.05, 4.69) is 11.1 Å². The van der Waals surface area contributed by atoms with Gasteiger partial charge in [0.2, 0.25) is 15.9 Å². The van der Waals surface area contributed by atoms with Gasteiger partial charge in [0, 0.05) is 25.2 Å². The Morgan fingerprint density at radius 2 is 1.79 bits per heavy atom. The monoisotopic (exact) mass is 556 g/mol. The molecule has 11 heteroatoms. The van der Waals surface area contributed by atoms with Crippen molar-refractivity contribution in [3.63, 3.8) is 0 Å². The third kappa shape index (κ3) is 5.18. The van der Waals surface area contributed by atoms with Crippen LogP contribution in [0.25, 0.3) is 10.2 Å². The molecule has 1 amide bonds. The van der Waals surface area contributed by atoms with Crippen LogP contribution < -0.4 is 4.90 Å². The van der Waals surface area contributed by atoms with Crippen molar-refractivity contribution in [2.75, 3.05) is 18.0 Å². The zero-order valence-corrected chi connectivity index (χ0v) is 22.5. The Morgan fingerprint density at radius 1 is 1.05 bits per heavy atom. The third-order valence-electron chi connectivity index (χ3n) is 6.87. The van der Waals surface area contributed by atoms with Crippen LogP contribution >= 0.6 is 11.3 Å². The first kappa shape index (κ1) is 26.3. The summed E-state index contributed by atoms with van der Waals surface area (Å²) in [4.78, 5) is 24.3. The molecule has 2 aromatic carbocycles. The molecule has 0 spiro atoms. The van der Waals surface area contributed by atoms with E-state index in [-0.39, 0.29) is 30.4 Å². The molecule has 2 aromatic heterocycles. The van der Waals surface area contributed by atoms with E-state index in [9.17, 15) is 22.0 Å². The van der Waals surface area contributed by atoms with Gasteiger partial charge in [0.05, 0.1) is 27.4 Å². The third-order valence-corrected chi connectivity index (χ3v) is 9.80. The molecule has 0 aliphatic carbocycles. The van der Waals surface area contributed by atoms with Gasteiger partial charge in [0.1, 0.15) is 0 Å². The molecule has 0 saturated carbocycles. The van der Waals surface area contributed by atoms with Gasteiger partial charge < -0.3 is 0 Å². The number of halogens is 2. The average molecular weight is 557 g/mol. The van der Waals surface area contributed by atoms with Crippen LogP contribution in [0.2, 0.25) is 0 Å². The highest BCUT2D eigenvalue weighted by molar-refractivity contribution is 7.89. The lowest BCUT2D eigenvalue weighted by molar-refractivity contribution is -0.123. The van der Waals surface area contributed by atoms with E-state index in [1.165, 1.54) is 15.6 Å². The number of piperidine rings is 1. The second-order valence-electron chi connectivity index (χ2n) is 9.40. The number of sulfonamides is 1. The van der Waals surface area contributed by atoms with E-state index in [0.29, 0.717) is 29.7 Å². The van der Waals surface area contributed by atoms with E-state index in [1.807, 2.05) is 38.1 Å². The van der Waals surface area contributed by atoms with Crippen LogP contribution in [0, 0.1) is 31.4 Å². The normalized spacial score (nSPS) is 15.2. The molecule has 7 nitrogen and oxygen atoms in total. The van der Waals surface area contributed by atoms with E-state index in [1.54, 1.807) is 11.1 Å². The van der Waals surface area contributed by atoms with Gasteiger partial charge in [-0.2, -0.15) is 4.31 Å². The summed E-state index contributed by atoms with van der Waals surface area (Å²) in [5.41, 5.74) is 3.79. The molecular weight excluding hydrogens is 530 g/mol. The number of amides is 1. The lowest BCUT2D eigenvalue weighted by Gasteiger charge is -2.33. The van der Waals surface area contributed by atoms with E-state index in [0.717, 1.165) is 33.5 Å². The molecule has 1 fully saturated rings. The number of hydrogen-bond acceptors (Lipinski definition) is 6. The van der Waals surface area contributed by atoms with Gasteiger partial charge in [-0.1, -0.05) is 17.4 Å². The molecule has 1 aliphatic rings. The van der Waals surface area contributed by atoms with Crippen molar-refractivity contribution < 1.29 is 22.0 Å². The molecule has 0 unspecified atom stereocenters. The minimum atomic E-state index is -4.02. The Hall–Kier alpha value is -3.28. The molecule has 1 aliphatic heterocycles. The molecule has 38 heavy (non-hydrogen) atoms. The summed E-state index contributed by atoms with van der Waals surface area (Å²) < 4.78 is 55.2. The van der Waals surface area contributed by atoms with Crippen LogP contribution in [-0.4, -0.2) is 41.7 Å². The van der Waals surface area contributed by atoms with Gasteiger partial charge in [0.15, 0.2) is 16.8 Å². The minimum absolute atomic E-state index is 0.0907. The van der Waals surface area contributed by atoms with Crippen LogP contribution in [0.15, 0.2) is 59.6 Å². The van der Waals surface area contributed by atoms with E-state index in [4.69, 9.17) is 4.98 Å². The molecule has 0 N–H and O–H groups in total. The highest BCUT2D eigenvalue weighted by atomic mass is 32.2. The lowest BCUT2D eigenvalue weighted by atomic mass is 9.96. The highest BCUT2D eigenvalue weighted by Crippen LogP contribution is 2.34. The van der Waals surface area contributed by atoms with Crippen LogP contribution in [0.1, 0.15) is 29.7 Å². The molecule has 0 atom stereocenters. The van der Waals surface area contributed by atoms with E-state index >= 15 is 0 Å². The number of carbonyl (C=O) groups excluding carboxylic acids is 1.